The van der Waals surface area contributed by atoms with E-state index in [4.69, 9.17) is 4.74 Å². The molecule has 0 saturated heterocycles. The Hall–Kier alpha value is -1.72. The zero-order valence-electron chi connectivity index (χ0n) is 11.8. The van der Waals surface area contributed by atoms with E-state index in [2.05, 4.69) is 4.74 Å². The summed E-state index contributed by atoms with van der Waals surface area (Å²) >= 11 is 0. The quantitative estimate of drug-likeness (QED) is 0.795. The van der Waals surface area contributed by atoms with Crippen molar-refractivity contribution >= 4 is 5.97 Å². The van der Waals surface area contributed by atoms with Crippen LogP contribution in [0.25, 0.3) is 0 Å². The van der Waals surface area contributed by atoms with Gasteiger partial charge < -0.3 is 9.47 Å². The first-order valence-corrected chi connectivity index (χ1v) is 6.03. The molecule has 0 saturated carbocycles. The van der Waals surface area contributed by atoms with E-state index in [0.717, 1.165) is 0 Å². The lowest BCUT2D eigenvalue weighted by molar-refractivity contribution is -0.274. The van der Waals surface area contributed by atoms with Crippen molar-refractivity contribution in [2.45, 2.75) is 46.1 Å². The normalized spacial score (nSPS) is 12.2. The summed E-state index contributed by atoms with van der Waals surface area (Å²) in [7, 11) is 0. The standard InChI is InChI=1S/C14H17F3O3/c1-9-7-10(8-12(18)20-13(2,3)4)5-6-11(9)19-14(15,16)17/h5-7H,8H2,1-4H3. The maximum Gasteiger partial charge on any atom is 0.573 e. The Bertz CT molecular complexity index is 487. The predicted molar refractivity (Wildman–Crippen MR) is 67.4 cm³/mol. The van der Waals surface area contributed by atoms with Gasteiger partial charge in [0.1, 0.15) is 11.4 Å². The maximum atomic E-state index is 12.1. The van der Waals surface area contributed by atoms with Gasteiger partial charge in [-0.1, -0.05) is 12.1 Å². The summed E-state index contributed by atoms with van der Waals surface area (Å²) in [4.78, 5) is 11.6. The summed E-state index contributed by atoms with van der Waals surface area (Å²) < 4.78 is 45.4. The van der Waals surface area contributed by atoms with Gasteiger partial charge in [-0.2, -0.15) is 0 Å². The van der Waals surface area contributed by atoms with E-state index >= 15 is 0 Å². The third kappa shape index (κ3) is 5.95. The predicted octanol–water partition coefficient (Wildman–Crippen LogP) is 3.78. The number of halogens is 3. The molecular weight excluding hydrogens is 273 g/mol. The number of rotatable bonds is 3. The van der Waals surface area contributed by atoms with E-state index in [1.807, 2.05) is 0 Å². The van der Waals surface area contributed by atoms with Crippen molar-refractivity contribution in [1.82, 2.24) is 0 Å². The Morgan fingerprint density at radius 3 is 2.25 bits per heavy atom. The van der Waals surface area contributed by atoms with E-state index in [-0.39, 0.29) is 12.2 Å². The van der Waals surface area contributed by atoms with Crippen molar-refractivity contribution in [1.29, 1.82) is 0 Å². The molecule has 1 rings (SSSR count). The fraction of sp³-hybridized carbons (Fsp3) is 0.500. The van der Waals surface area contributed by atoms with Crippen LogP contribution >= 0.6 is 0 Å². The fourth-order valence-electron chi connectivity index (χ4n) is 1.60. The molecule has 0 fully saturated rings. The fourth-order valence-corrected chi connectivity index (χ4v) is 1.60. The molecule has 0 radical (unpaired) electrons. The van der Waals surface area contributed by atoms with Gasteiger partial charge in [0.15, 0.2) is 0 Å². The number of carbonyl (C=O) groups excluding carboxylic acids is 1. The zero-order chi connectivity index (χ0) is 15.6. The molecule has 0 atom stereocenters. The first-order chi connectivity index (χ1) is 8.96. The first-order valence-electron chi connectivity index (χ1n) is 6.03. The molecule has 0 N–H and O–H groups in total. The van der Waals surface area contributed by atoms with E-state index in [1.54, 1.807) is 20.8 Å². The summed E-state index contributed by atoms with van der Waals surface area (Å²) in [5, 5.41) is 0. The Morgan fingerprint density at radius 1 is 1.20 bits per heavy atom. The van der Waals surface area contributed by atoms with Crippen molar-refractivity contribution in [2.75, 3.05) is 0 Å². The minimum absolute atomic E-state index is 0.00437. The van der Waals surface area contributed by atoms with Crippen molar-refractivity contribution in [2.24, 2.45) is 0 Å². The van der Waals surface area contributed by atoms with Gasteiger partial charge >= 0.3 is 12.3 Å². The number of ether oxygens (including phenoxy) is 2. The highest BCUT2D eigenvalue weighted by Gasteiger charge is 2.31. The number of aryl methyl sites for hydroxylation is 1. The number of carbonyl (C=O) groups is 1. The van der Waals surface area contributed by atoms with Crippen LogP contribution < -0.4 is 4.74 Å². The van der Waals surface area contributed by atoms with Crippen molar-refractivity contribution in [3.05, 3.63) is 29.3 Å². The summed E-state index contributed by atoms with van der Waals surface area (Å²) in [6.07, 6.45) is -4.72. The van der Waals surface area contributed by atoms with Crippen LogP contribution in [0.4, 0.5) is 13.2 Å². The number of benzene rings is 1. The van der Waals surface area contributed by atoms with Gasteiger partial charge in [-0.05, 0) is 44.9 Å². The number of hydrogen-bond donors (Lipinski definition) is 0. The van der Waals surface area contributed by atoms with Crippen LogP contribution in [0.1, 0.15) is 31.9 Å². The minimum atomic E-state index is -4.72. The molecule has 0 aliphatic rings. The summed E-state index contributed by atoms with van der Waals surface area (Å²) in [6, 6.07) is 4.09. The monoisotopic (exact) mass is 290 g/mol. The van der Waals surface area contributed by atoms with Crippen LogP contribution in [0, 0.1) is 6.92 Å². The van der Waals surface area contributed by atoms with Crippen LogP contribution in [0.2, 0.25) is 0 Å². The Labute approximate surface area is 115 Å². The van der Waals surface area contributed by atoms with Gasteiger partial charge in [0.25, 0.3) is 0 Å². The molecule has 6 heteroatoms. The Morgan fingerprint density at radius 2 is 1.80 bits per heavy atom. The van der Waals surface area contributed by atoms with Crippen molar-refractivity contribution in [3.8, 4) is 5.75 Å². The molecule has 112 valence electrons. The van der Waals surface area contributed by atoms with Gasteiger partial charge in [-0.15, -0.1) is 13.2 Å². The summed E-state index contributed by atoms with van der Waals surface area (Å²) in [5.41, 5.74) is 0.292. The molecule has 3 nitrogen and oxygen atoms in total. The lowest BCUT2D eigenvalue weighted by Gasteiger charge is -2.19. The van der Waals surface area contributed by atoms with Gasteiger partial charge in [0.2, 0.25) is 0 Å². The smallest absolute Gasteiger partial charge is 0.460 e. The minimum Gasteiger partial charge on any atom is -0.460 e. The average Bonchev–Trinajstić information content (AvgIpc) is 2.17. The molecule has 20 heavy (non-hydrogen) atoms. The highest BCUT2D eigenvalue weighted by molar-refractivity contribution is 5.73. The molecule has 0 amide bonds. The second kappa shape index (κ2) is 5.73. The molecular formula is C14H17F3O3. The lowest BCUT2D eigenvalue weighted by atomic mass is 10.1. The molecule has 0 aliphatic heterocycles. The lowest BCUT2D eigenvalue weighted by Crippen LogP contribution is -2.25. The number of alkyl halides is 3. The maximum absolute atomic E-state index is 12.1. The molecule has 1 aromatic rings. The van der Waals surface area contributed by atoms with Gasteiger partial charge in [0, 0.05) is 0 Å². The third-order valence-electron chi connectivity index (χ3n) is 2.23. The molecule has 1 aromatic carbocycles. The van der Waals surface area contributed by atoms with E-state index in [0.29, 0.717) is 11.1 Å². The highest BCUT2D eigenvalue weighted by Crippen LogP contribution is 2.26. The summed E-state index contributed by atoms with van der Waals surface area (Å²) in [5.74, 6) is -0.702. The van der Waals surface area contributed by atoms with Crippen LogP contribution in [0.3, 0.4) is 0 Å². The molecule has 0 aliphatic carbocycles. The molecule has 0 heterocycles. The van der Waals surface area contributed by atoms with Crippen LogP contribution in [-0.2, 0) is 16.0 Å². The van der Waals surface area contributed by atoms with Crippen molar-refractivity contribution < 1.29 is 27.4 Å². The van der Waals surface area contributed by atoms with Crippen LogP contribution in [-0.4, -0.2) is 17.9 Å². The van der Waals surface area contributed by atoms with E-state index in [9.17, 15) is 18.0 Å². The zero-order valence-corrected chi connectivity index (χ0v) is 11.8. The Balaban J connectivity index is 2.75. The largest absolute Gasteiger partial charge is 0.573 e. The molecule has 0 aromatic heterocycles. The molecule has 0 unspecified atom stereocenters. The van der Waals surface area contributed by atoms with Crippen LogP contribution in [0.5, 0.6) is 5.75 Å². The first kappa shape index (κ1) is 16.3. The van der Waals surface area contributed by atoms with Gasteiger partial charge in [-0.25, -0.2) is 0 Å². The Kier molecular flexibility index (Phi) is 4.68. The number of hydrogen-bond acceptors (Lipinski definition) is 3. The summed E-state index contributed by atoms with van der Waals surface area (Å²) in [6.45, 7) is 6.73. The van der Waals surface area contributed by atoms with E-state index < -0.39 is 17.9 Å². The molecule has 0 spiro atoms. The second-order valence-corrected chi connectivity index (χ2v) is 5.41. The topological polar surface area (TPSA) is 35.5 Å². The average molecular weight is 290 g/mol. The van der Waals surface area contributed by atoms with E-state index in [1.165, 1.54) is 25.1 Å². The number of esters is 1. The van der Waals surface area contributed by atoms with Crippen molar-refractivity contribution in [3.63, 3.8) is 0 Å². The molecule has 0 bridgehead atoms. The highest BCUT2D eigenvalue weighted by atomic mass is 19.4. The SMILES string of the molecule is Cc1cc(CC(=O)OC(C)(C)C)ccc1OC(F)(F)F. The van der Waals surface area contributed by atoms with Gasteiger partial charge in [0.05, 0.1) is 6.42 Å². The van der Waals surface area contributed by atoms with Gasteiger partial charge in [-0.3, -0.25) is 4.79 Å². The second-order valence-electron chi connectivity index (χ2n) is 5.41. The van der Waals surface area contributed by atoms with Crippen LogP contribution in [0.15, 0.2) is 18.2 Å². The third-order valence-corrected chi connectivity index (χ3v) is 2.23.